The number of hydrogen-bond donors (Lipinski definition) is 3. The molecular formula is C21H32N6O3SSi. The minimum Gasteiger partial charge on any atom is -0.370 e. The van der Waals surface area contributed by atoms with E-state index in [1.54, 1.807) is 0 Å². The van der Waals surface area contributed by atoms with Crippen LogP contribution in [0.1, 0.15) is 16.7 Å². The maximum atomic E-state index is 12.5. The molecule has 5 N–H and O–H groups in total. The number of guanidine groups is 1. The van der Waals surface area contributed by atoms with Gasteiger partial charge in [-0.15, -0.1) is 0 Å². The van der Waals surface area contributed by atoms with E-state index in [4.69, 9.17) is 16.2 Å². The van der Waals surface area contributed by atoms with Gasteiger partial charge in [0, 0.05) is 38.5 Å². The summed E-state index contributed by atoms with van der Waals surface area (Å²) in [5.41, 5.74) is 14.6. The lowest BCUT2D eigenvalue weighted by Gasteiger charge is -2.34. The Labute approximate surface area is 190 Å². The second kappa shape index (κ2) is 7.91. The highest BCUT2D eigenvalue weighted by Gasteiger charge is 2.42. The number of rotatable bonds is 7. The van der Waals surface area contributed by atoms with Gasteiger partial charge in [0.2, 0.25) is 10.0 Å². The Morgan fingerprint density at radius 1 is 1.25 bits per heavy atom. The fourth-order valence-electron chi connectivity index (χ4n) is 4.23. The number of aromatic nitrogens is 1. The second-order valence-corrected chi connectivity index (χ2v) is 17.2. The monoisotopic (exact) mass is 476 g/mol. The number of nitrogens with two attached hydrogens (primary N) is 2. The van der Waals surface area contributed by atoms with Crippen LogP contribution < -0.4 is 21.1 Å². The van der Waals surface area contributed by atoms with Gasteiger partial charge in [0.1, 0.15) is 12.5 Å². The summed E-state index contributed by atoms with van der Waals surface area (Å²) in [7, 11) is -4.64. The van der Waals surface area contributed by atoms with Crippen LogP contribution in [0.4, 0.5) is 11.5 Å². The van der Waals surface area contributed by atoms with Crippen LogP contribution in [0.25, 0.3) is 0 Å². The van der Waals surface area contributed by atoms with Gasteiger partial charge in [0.15, 0.2) is 11.6 Å². The molecule has 9 nitrogen and oxygen atoms in total. The molecule has 32 heavy (non-hydrogen) atoms. The third-order valence-corrected chi connectivity index (χ3v) is 8.78. The van der Waals surface area contributed by atoms with Crippen molar-refractivity contribution in [2.45, 2.75) is 44.5 Å². The van der Waals surface area contributed by atoms with E-state index in [-0.39, 0.29) is 5.96 Å². The summed E-state index contributed by atoms with van der Waals surface area (Å²) < 4.78 is 34.2. The van der Waals surface area contributed by atoms with Crippen molar-refractivity contribution in [1.29, 1.82) is 0 Å². The molecule has 174 valence electrons. The quantitative estimate of drug-likeness (QED) is 0.414. The fraction of sp³-hybridized carbons (Fsp3) is 0.476. The first-order valence-electron chi connectivity index (χ1n) is 10.7. The topological polar surface area (TPSA) is 128 Å². The van der Waals surface area contributed by atoms with Crippen molar-refractivity contribution in [3.63, 3.8) is 0 Å². The van der Waals surface area contributed by atoms with Gasteiger partial charge >= 0.3 is 0 Å². The average molecular weight is 477 g/mol. The lowest BCUT2D eigenvalue weighted by atomic mass is 9.90. The standard InChI is InChI=1S/C21H32N6O3SSi/c1-31(28,29)27-11-8-15-6-5-7-16(18(15)27)21(23)17-9-10-26(19(17)24-20(22)25-21)14-30-12-13-32(2,3)4/h5-7,9-10H,8,11-14,23H2,1-4H3,(H3,22,24,25). The summed E-state index contributed by atoms with van der Waals surface area (Å²) >= 11 is 0. The molecule has 1 aromatic carbocycles. The molecule has 1 atom stereocenters. The Morgan fingerprint density at radius 3 is 2.69 bits per heavy atom. The third-order valence-electron chi connectivity index (χ3n) is 5.91. The first-order valence-corrected chi connectivity index (χ1v) is 16.2. The van der Waals surface area contributed by atoms with E-state index >= 15 is 0 Å². The van der Waals surface area contributed by atoms with Crippen LogP contribution in [-0.2, 0) is 33.6 Å². The van der Waals surface area contributed by atoms with Gasteiger partial charge in [-0.3, -0.25) is 10.0 Å². The number of para-hydroxylation sites is 1. The Balaban J connectivity index is 1.72. The molecule has 0 fully saturated rings. The highest BCUT2D eigenvalue weighted by atomic mass is 32.2. The number of sulfonamides is 1. The van der Waals surface area contributed by atoms with Crippen LogP contribution in [0.15, 0.2) is 35.5 Å². The average Bonchev–Trinajstić information content (AvgIpc) is 3.28. The minimum atomic E-state index is -3.46. The maximum Gasteiger partial charge on any atom is 0.232 e. The Morgan fingerprint density at radius 2 is 2.00 bits per heavy atom. The molecule has 3 heterocycles. The van der Waals surface area contributed by atoms with Crippen molar-refractivity contribution in [3.05, 3.63) is 47.2 Å². The largest absolute Gasteiger partial charge is 0.370 e. The molecule has 1 unspecified atom stereocenters. The zero-order valence-electron chi connectivity index (χ0n) is 19.1. The molecule has 2 aromatic rings. The van der Waals surface area contributed by atoms with E-state index in [9.17, 15) is 8.42 Å². The van der Waals surface area contributed by atoms with Crippen LogP contribution in [0, 0.1) is 0 Å². The van der Waals surface area contributed by atoms with Crippen molar-refractivity contribution in [3.8, 4) is 0 Å². The van der Waals surface area contributed by atoms with Crippen molar-refractivity contribution in [1.82, 2.24) is 4.57 Å². The molecule has 0 radical (unpaired) electrons. The van der Waals surface area contributed by atoms with Crippen molar-refractivity contribution < 1.29 is 13.2 Å². The van der Waals surface area contributed by atoms with Crippen molar-refractivity contribution in [2.24, 2.45) is 16.5 Å². The van der Waals surface area contributed by atoms with Gasteiger partial charge in [-0.2, -0.15) is 0 Å². The predicted molar refractivity (Wildman–Crippen MR) is 131 cm³/mol. The van der Waals surface area contributed by atoms with Gasteiger partial charge in [0.05, 0.1) is 11.9 Å². The molecule has 0 spiro atoms. The first kappa shape index (κ1) is 22.8. The van der Waals surface area contributed by atoms with Gasteiger partial charge in [-0.25, -0.2) is 13.4 Å². The van der Waals surface area contributed by atoms with Crippen LogP contribution in [0.3, 0.4) is 0 Å². The second-order valence-electron chi connectivity index (χ2n) is 9.68. The molecule has 0 saturated carbocycles. The van der Waals surface area contributed by atoms with E-state index in [0.29, 0.717) is 48.9 Å². The maximum absolute atomic E-state index is 12.5. The highest BCUT2D eigenvalue weighted by molar-refractivity contribution is 7.92. The number of aliphatic imine (C=N–C) groups is 1. The molecule has 2 aliphatic rings. The van der Waals surface area contributed by atoms with Gasteiger partial charge in [-0.05, 0) is 24.1 Å². The number of nitrogens with zero attached hydrogens (tertiary/aromatic N) is 3. The number of hydrogen-bond acceptors (Lipinski definition) is 7. The Bertz CT molecular complexity index is 1170. The lowest BCUT2D eigenvalue weighted by Crippen LogP contribution is -2.45. The smallest absolute Gasteiger partial charge is 0.232 e. The lowest BCUT2D eigenvalue weighted by molar-refractivity contribution is 0.0887. The van der Waals surface area contributed by atoms with Crippen LogP contribution >= 0.6 is 0 Å². The van der Waals surface area contributed by atoms with E-state index in [1.807, 2.05) is 35.0 Å². The van der Waals surface area contributed by atoms with Crippen molar-refractivity contribution >= 4 is 35.6 Å². The van der Waals surface area contributed by atoms with Crippen molar-refractivity contribution in [2.75, 3.05) is 29.0 Å². The normalized spacial score (nSPS) is 20.5. The number of nitrogens with one attached hydrogen (secondary N) is 1. The predicted octanol–water partition coefficient (Wildman–Crippen LogP) is 2.02. The molecule has 0 amide bonds. The van der Waals surface area contributed by atoms with E-state index in [1.165, 1.54) is 10.6 Å². The SMILES string of the molecule is C[Si](C)(C)CCOCn1ccc2c1NC(N)=NC2(N)c1cccc2c1N(S(C)(=O)=O)CC2. The molecule has 4 rings (SSSR count). The van der Waals surface area contributed by atoms with E-state index < -0.39 is 23.8 Å². The summed E-state index contributed by atoms with van der Waals surface area (Å²) in [5, 5.41) is 3.11. The van der Waals surface area contributed by atoms with Crippen LogP contribution in [0.2, 0.25) is 25.7 Å². The minimum absolute atomic E-state index is 0.170. The molecule has 0 bridgehead atoms. The summed E-state index contributed by atoms with van der Waals surface area (Å²) in [6, 6.07) is 8.61. The number of benzene rings is 1. The Kier molecular flexibility index (Phi) is 5.64. The molecule has 2 aliphatic heterocycles. The molecule has 0 saturated heterocycles. The Hall–Kier alpha value is -2.34. The van der Waals surface area contributed by atoms with Crippen LogP contribution in [-0.4, -0.2) is 46.4 Å². The summed E-state index contributed by atoms with van der Waals surface area (Å²) in [6.07, 6.45) is 3.73. The number of anilines is 2. The number of fused-ring (bicyclic) bond motifs is 2. The third kappa shape index (κ3) is 4.17. The fourth-order valence-corrected chi connectivity index (χ4v) is 5.96. The molecular weight excluding hydrogens is 444 g/mol. The van der Waals surface area contributed by atoms with E-state index in [2.05, 4.69) is 30.0 Å². The zero-order valence-corrected chi connectivity index (χ0v) is 20.9. The van der Waals surface area contributed by atoms with Gasteiger partial charge < -0.3 is 20.4 Å². The first-order chi connectivity index (χ1) is 14.9. The summed E-state index contributed by atoms with van der Waals surface area (Å²) in [5.74, 6) is 0.873. The summed E-state index contributed by atoms with van der Waals surface area (Å²) in [4.78, 5) is 4.55. The molecule has 1 aromatic heterocycles. The molecule has 11 heteroatoms. The zero-order chi connectivity index (χ0) is 23.3. The van der Waals surface area contributed by atoms with Gasteiger partial charge in [0.25, 0.3) is 0 Å². The van der Waals surface area contributed by atoms with Gasteiger partial charge in [-0.1, -0.05) is 37.8 Å². The molecule has 0 aliphatic carbocycles. The number of ether oxygens (including phenoxy) is 1. The highest BCUT2D eigenvalue weighted by Crippen LogP contribution is 2.44. The van der Waals surface area contributed by atoms with Crippen LogP contribution in [0.5, 0.6) is 0 Å². The van der Waals surface area contributed by atoms with E-state index in [0.717, 1.165) is 11.6 Å². The summed E-state index contributed by atoms with van der Waals surface area (Å²) in [6.45, 7) is 8.37.